The molecule has 0 amide bonds. The van der Waals surface area contributed by atoms with Gasteiger partial charge in [0.25, 0.3) is 10.0 Å². The van der Waals surface area contributed by atoms with E-state index in [1.165, 1.54) is 12.1 Å². The third-order valence-electron chi connectivity index (χ3n) is 2.58. The van der Waals surface area contributed by atoms with Gasteiger partial charge in [0.15, 0.2) is 0 Å². The second kappa shape index (κ2) is 6.64. The van der Waals surface area contributed by atoms with Gasteiger partial charge < -0.3 is 5.73 Å². The van der Waals surface area contributed by atoms with Crippen molar-refractivity contribution < 1.29 is 8.42 Å². The molecule has 4 nitrogen and oxygen atoms in total. The number of nitrogens with two attached hydrogens (primary N) is 1. The molecule has 0 heterocycles. The Morgan fingerprint density at radius 1 is 1.14 bits per heavy atom. The van der Waals surface area contributed by atoms with Crippen LogP contribution in [-0.2, 0) is 10.0 Å². The molecule has 0 aliphatic heterocycles. The smallest absolute Gasteiger partial charge is 0.263 e. The van der Waals surface area contributed by atoms with Crippen LogP contribution in [0.3, 0.4) is 0 Å². The van der Waals surface area contributed by atoms with Gasteiger partial charge in [-0.05, 0) is 30.3 Å². The molecule has 0 aliphatic rings. The quantitative estimate of drug-likeness (QED) is 0.853. The van der Waals surface area contributed by atoms with E-state index in [4.69, 9.17) is 17.3 Å². The van der Waals surface area contributed by atoms with E-state index >= 15 is 0 Å². The van der Waals surface area contributed by atoms with Crippen LogP contribution in [0.5, 0.6) is 0 Å². The van der Waals surface area contributed by atoms with Crippen LogP contribution in [0.2, 0.25) is 5.02 Å². The van der Waals surface area contributed by atoms with Gasteiger partial charge in [-0.15, -0.1) is 0 Å². The summed E-state index contributed by atoms with van der Waals surface area (Å²) >= 11 is 6.04. The predicted molar refractivity (Wildman–Crippen MR) is 84.6 cm³/mol. The first-order valence-corrected chi connectivity index (χ1v) is 7.95. The summed E-state index contributed by atoms with van der Waals surface area (Å²) in [6.07, 6.45) is 0. The van der Waals surface area contributed by atoms with Gasteiger partial charge in [0.05, 0.1) is 11.6 Å². The summed E-state index contributed by atoms with van der Waals surface area (Å²) in [5, 5.41) is 0.113. The number of hydrogen-bond donors (Lipinski definition) is 2. The maximum Gasteiger partial charge on any atom is 0.263 e. The van der Waals surface area contributed by atoms with E-state index in [-0.39, 0.29) is 16.5 Å². The van der Waals surface area contributed by atoms with Crippen molar-refractivity contribution in [3.63, 3.8) is 0 Å². The zero-order valence-corrected chi connectivity index (χ0v) is 12.6. The Kier molecular flexibility index (Phi) is 4.86. The molecule has 0 spiro atoms. The standard InChI is InChI=1S/C15H13ClN2O2S/c16-14-11-12(5-4-10-17)8-9-15(14)21(19,20)18-13-6-2-1-3-7-13/h1-3,6-9,11,18H,10,17H2. The average Bonchev–Trinajstić information content (AvgIpc) is 2.45. The third-order valence-corrected chi connectivity index (χ3v) is 4.45. The highest BCUT2D eigenvalue weighted by Crippen LogP contribution is 2.24. The van der Waals surface area contributed by atoms with Gasteiger partial charge >= 0.3 is 0 Å². The maximum absolute atomic E-state index is 12.3. The first kappa shape index (κ1) is 15.4. The van der Waals surface area contributed by atoms with E-state index in [1.54, 1.807) is 36.4 Å². The number of benzene rings is 2. The van der Waals surface area contributed by atoms with E-state index in [2.05, 4.69) is 16.6 Å². The number of sulfonamides is 1. The highest BCUT2D eigenvalue weighted by atomic mass is 35.5. The number of nitrogens with one attached hydrogen (secondary N) is 1. The molecule has 3 N–H and O–H groups in total. The Balaban J connectivity index is 2.32. The summed E-state index contributed by atoms with van der Waals surface area (Å²) in [4.78, 5) is 0.00585. The van der Waals surface area contributed by atoms with Crippen LogP contribution in [0.25, 0.3) is 0 Å². The Morgan fingerprint density at radius 2 is 1.86 bits per heavy atom. The van der Waals surface area contributed by atoms with Gasteiger partial charge in [-0.1, -0.05) is 41.6 Å². The summed E-state index contributed by atoms with van der Waals surface area (Å²) in [5.74, 6) is 5.48. The second-order valence-electron chi connectivity index (χ2n) is 4.12. The molecule has 0 aromatic heterocycles. The molecule has 0 fully saturated rings. The number of anilines is 1. The molecule has 2 rings (SSSR count). The van der Waals surface area contributed by atoms with E-state index in [1.807, 2.05) is 0 Å². The Morgan fingerprint density at radius 3 is 2.48 bits per heavy atom. The van der Waals surface area contributed by atoms with Gasteiger partial charge in [0.2, 0.25) is 0 Å². The first-order chi connectivity index (χ1) is 10.0. The van der Waals surface area contributed by atoms with E-state index < -0.39 is 10.0 Å². The minimum atomic E-state index is -3.74. The zero-order chi connectivity index (χ0) is 15.3. The Bertz CT molecular complexity index is 793. The van der Waals surface area contributed by atoms with Gasteiger partial charge in [-0.3, -0.25) is 4.72 Å². The molecule has 0 radical (unpaired) electrons. The van der Waals surface area contributed by atoms with Crippen LogP contribution in [0.4, 0.5) is 5.69 Å². The molecule has 108 valence electrons. The van der Waals surface area contributed by atoms with Crippen molar-refractivity contribution in [3.8, 4) is 11.8 Å². The Labute approximate surface area is 129 Å². The molecular weight excluding hydrogens is 308 g/mol. The Hall–Kier alpha value is -2.00. The van der Waals surface area contributed by atoms with E-state index in [0.29, 0.717) is 11.3 Å². The number of halogens is 1. The predicted octanol–water partition coefficient (Wildman–Crippen LogP) is 2.45. The van der Waals surface area contributed by atoms with Crippen molar-refractivity contribution in [3.05, 3.63) is 59.1 Å². The number of rotatable bonds is 3. The summed E-state index contributed by atoms with van der Waals surface area (Å²) < 4.78 is 27.1. The fraction of sp³-hybridized carbons (Fsp3) is 0.0667. The minimum Gasteiger partial charge on any atom is -0.320 e. The largest absolute Gasteiger partial charge is 0.320 e. The van der Waals surface area contributed by atoms with Crippen LogP contribution < -0.4 is 10.5 Å². The van der Waals surface area contributed by atoms with Crippen LogP contribution in [0.1, 0.15) is 5.56 Å². The van der Waals surface area contributed by atoms with E-state index in [9.17, 15) is 8.42 Å². The van der Waals surface area contributed by atoms with Gasteiger partial charge in [0, 0.05) is 11.3 Å². The lowest BCUT2D eigenvalue weighted by Crippen LogP contribution is -2.13. The second-order valence-corrected chi connectivity index (χ2v) is 6.18. The van der Waals surface area contributed by atoms with Crippen LogP contribution in [0.15, 0.2) is 53.4 Å². The summed E-state index contributed by atoms with van der Waals surface area (Å²) in [6, 6.07) is 13.1. The molecule has 0 saturated heterocycles. The lowest BCUT2D eigenvalue weighted by molar-refractivity contribution is 0.601. The summed E-state index contributed by atoms with van der Waals surface area (Å²) in [6.45, 7) is 0.229. The fourth-order valence-electron chi connectivity index (χ4n) is 1.67. The third kappa shape index (κ3) is 3.99. The SMILES string of the molecule is NCC#Cc1ccc(S(=O)(=O)Nc2ccccc2)c(Cl)c1. The van der Waals surface area contributed by atoms with Gasteiger partial charge in [0.1, 0.15) is 4.90 Å². The number of hydrogen-bond acceptors (Lipinski definition) is 3. The monoisotopic (exact) mass is 320 g/mol. The molecular formula is C15H13ClN2O2S. The molecule has 6 heteroatoms. The average molecular weight is 321 g/mol. The van der Waals surface area contributed by atoms with Crippen LogP contribution >= 0.6 is 11.6 Å². The molecule has 0 bridgehead atoms. The van der Waals surface area contributed by atoms with Crippen LogP contribution in [0, 0.1) is 11.8 Å². The van der Waals surface area contributed by atoms with Crippen molar-refractivity contribution in [2.24, 2.45) is 5.73 Å². The topological polar surface area (TPSA) is 72.2 Å². The maximum atomic E-state index is 12.3. The highest BCUT2D eigenvalue weighted by molar-refractivity contribution is 7.92. The normalized spacial score (nSPS) is 10.6. The number of para-hydroxylation sites is 1. The molecule has 0 saturated carbocycles. The molecule has 0 aliphatic carbocycles. The zero-order valence-electron chi connectivity index (χ0n) is 11.0. The lowest BCUT2D eigenvalue weighted by Gasteiger charge is -2.09. The minimum absolute atomic E-state index is 0.00585. The van der Waals surface area contributed by atoms with Crippen molar-refractivity contribution in [1.29, 1.82) is 0 Å². The van der Waals surface area contributed by atoms with E-state index in [0.717, 1.165) is 0 Å². The van der Waals surface area contributed by atoms with Crippen molar-refractivity contribution in [1.82, 2.24) is 0 Å². The van der Waals surface area contributed by atoms with Crippen LogP contribution in [-0.4, -0.2) is 15.0 Å². The molecule has 2 aromatic carbocycles. The summed E-state index contributed by atoms with van der Waals surface area (Å²) in [7, 11) is -3.74. The molecule has 21 heavy (non-hydrogen) atoms. The van der Waals surface area contributed by atoms with Crippen molar-refractivity contribution in [2.45, 2.75) is 4.90 Å². The first-order valence-electron chi connectivity index (χ1n) is 6.09. The summed E-state index contributed by atoms with van der Waals surface area (Å²) in [5.41, 5.74) is 6.37. The highest BCUT2D eigenvalue weighted by Gasteiger charge is 2.18. The van der Waals surface area contributed by atoms with Gasteiger partial charge in [-0.25, -0.2) is 8.42 Å². The lowest BCUT2D eigenvalue weighted by atomic mass is 10.2. The molecule has 0 atom stereocenters. The van der Waals surface area contributed by atoms with Gasteiger partial charge in [-0.2, -0.15) is 0 Å². The molecule has 0 unspecified atom stereocenters. The fourth-order valence-corrected chi connectivity index (χ4v) is 3.27. The van der Waals surface area contributed by atoms with Crippen molar-refractivity contribution in [2.75, 3.05) is 11.3 Å². The van der Waals surface area contributed by atoms with Crippen molar-refractivity contribution >= 4 is 27.3 Å². The molecule has 2 aromatic rings.